The summed E-state index contributed by atoms with van der Waals surface area (Å²) in [4.78, 5) is 0. The van der Waals surface area contributed by atoms with Crippen LogP contribution in [0.15, 0.2) is 34.8 Å². The van der Waals surface area contributed by atoms with Crippen molar-refractivity contribution in [3.8, 4) is 5.75 Å². The fraction of sp³-hybridized carbons (Fsp3) is 0.200. The second-order valence-corrected chi connectivity index (χ2v) is 5.52. The lowest BCUT2D eigenvalue weighted by molar-refractivity contribution is 0.353. The first-order valence-electron chi connectivity index (χ1n) is 6.27. The zero-order valence-corrected chi connectivity index (χ0v) is 12.1. The highest BCUT2D eigenvalue weighted by Gasteiger charge is 2.18. The van der Waals surface area contributed by atoms with E-state index >= 15 is 0 Å². The molecule has 104 valence electrons. The maximum Gasteiger partial charge on any atom is 0.149 e. The molecule has 0 saturated carbocycles. The zero-order valence-electron chi connectivity index (χ0n) is 10.6. The molecule has 5 heteroatoms. The van der Waals surface area contributed by atoms with E-state index < -0.39 is 11.6 Å². The average Bonchev–Trinajstić information content (AvgIpc) is 2.86. The highest BCUT2D eigenvalue weighted by Crippen LogP contribution is 2.33. The van der Waals surface area contributed by atoms with Crippen LogP contribution in [0, 0.1) is 11.6 Å². The Bertz CT molecular complexity index is 640. The monoisotopic (exact) mass is 339 g/mol. The fourth-order valence-electron chi connectivity index (χ4n) is 2.33. The highest BCUT2D eigenvalue weighted by atomic mass is 79.9. The SMILES string of the molecule is Fc1cccc(F)c1NCc1cc(Br)cc2c1OCC2. The number of nitrogens with one attached hydrogen (secondary N) is 1. The van der Waals surface area contributed by atoms with Crippen LogP contribution in [-0.4, -0.2) is 6.61 Å². The van der Waals surface area contributed by atoms with Crippen molar-refractivity contribution in [2.75, 3.05) is 11.9 Å². The first kappa shape index (κ1) is 13.4. The molecule has 1 N–H and O–H groups in total. The van der Waals surface area contributed by atoms with Crippen molar-refractivity contribution >= 4 is 21.6 Å². The van der Waals surface area contributed by atoms with E-state index in [0.717, 1.165) is 27.8 Å². The molecule has 0 amide bonds. The predicted octanol–water partition coefficient (Wildman–Crippen LogP) is 4.27. The Morgan fingerprint density at radius 1 is 1.20 bits per heavy atom. The zero-order chi connectivity index (χ0) is 14.1. The van der Waals surface area contributed by atoms with Gasteiger partial charge in [0.1, 0.15) is 23.1 Å². The molecule has 1 heterocycles. The topological polar surface area (TPSA) is 21.3 Å². The van der Waals surface area contributed by atoms with Gasteiger partial charge >= 0.3 is 0 Å². The molecule has 1 aliphatic heterocycles. The average molecular weight is 340 g/mol. The lowest BCUT2D eigenvalue weighted by Crippen LogP contribution is -2.05. The van der Waals surface area contributed by atoms with Crippen LogP contribution < -0.4 is 10.1 Å². The van der Waals surface area contributed by atoms with Gasteiger partial charge < -0.3 is 10.1 Å². The minimum atomic E-state index is -0.599. The molecule has 2 aromatic rings. The fourth-order valence-corrected chi connectivity index (χ4v) is 2.88. The van der Waals surface area contributed by atoms with Crippen molar-refractivity contribution in [3.05, 3.63) is 57.6 Å². The van der Waals surface area contributed by atoms with E-state index in [1.165, 1.54) is 18.2 Å². The standard InChI is InChI=1S/C15H12BrF2NO/c16-11-6-9-4-5-20-15(9)10(7-11)8-19-14-12(17)2-1-3-13(14)18/h1-3,6-7,19H,4-5,8H2. The van der Waals surface area contributed by atoms with Crippen LogP contribution in [0.2, 0.25) is 0 Å². The number of hydrogen-bond donors (Lipinski definition) is 1. The van der Waals surface area contributed by atoms with Gasteiger partial charge in [-0.25, -0.2) is 8.78 Å². The summed E-state index contributed by atoms with van der Waals surface area (Å²) >= 11 is 3.44. The van der Waals surface area contributed by atoms with Crippen molar-refractivity contribution in [1.29, 1.82) is 0 Å². The number of ether oxygens (including phenoxy) is 1. The van der Waals surface area contributed by atoms with Crippen LogP contribution in [0.1, 0.15) is 11.1 Å². The molecular formula is C15H12BrF2NO. The summed E-state index contributed by atoms with van der Waals surface area (Å²) < 4.78 is 33.6. The van der Waals surface area contributed by atoms with Crippen LogP contribution >= 0.6 is 15.9 Å². The number of anilines is 1. The maximum absolute atomic E-state index is 13.6. The summed E-state index contributed by atoms with van der Waals surface area (Å²) in [5, 5.41) is 2.80. The quantitative estimate of drug-likeness (QED) is 0.901. The Balaban J connectivity index is 1.86. The molecule has 0 fully saturated rings. The largest absolute Gasteiger partial charge is 0.493 e. The second kappa shape index (κ2) is 5.40. The van der Waals surface area contributed by atoms with Gasteiger partial charge in [-0.3, -0.25) is 0 Å². The summed E-state index contributed by atoms with van der Waals surface area (Å²) in [5.74, 6) is -0.382. The molecule has 0 bridgehead atoms. The molecule has 0 aliphatic carbocycles. The Labute approximate surface area is 123 Å². The van der Waals surface area contributed by atoms with E-state index in [9.17, 15) is 8.78 Å². The van der Waals surface area contributed by atoms with Crippen molar-refractivity contribution in [2.45, 2.75) is 13.0 Å². The third-order valence-corrected chi connectivity index (χ3v) is 3.70. The highest BCUT2D eigenvalue weighted by molar-refractivity contribution is 9.10. The summed E-state index contributed by atoms with van der Waals surface area (Å²) in [5.41, 5.74) is 1.89. The minimum Gasteiger partial charge on any atom is -0.493 e. The number of benzene rings is 2. The molecule has 1 aliphatic rings. The lowest BCUT2D eigenvalue weighted by atomic mass is 10.1. The van der Waals surface area contributed by atoms with E-state index in [-0.39, 0.29) is 5.69 Å². The molecule has 2 aromatic carbocycles. The van der Waals surface area contributed by atoms with Crippen molar-refractivity contribution in [3.63, 3.8) is 0 Å². The lowest BCUT2D eigenvalue weighted by Gasteiger charge is -2.12. The Morgan fingerprint density at radius 3 is 2.70 bits per heavy atom. The van der Waals surface area contributed by atoms with E-state index in [1.807, 2.05) is 12.1 Å². The van der Waals surface area contributed by atoms with Gasteiger partial charge in [0.25, 0.3) is 0 Å². The molecule has 0 radical (unpaired) electrons. The first-order chi connectivity index (χ1) is 9.65. The Hall–Kier alpha value is -1.62. The second-order valence-electron chi connectivity index (χ2n) is 4.60. The van der Waals surface area contributed by atoms with Crippen LogP contribution in [0.25, 0.3) is 0 Å². The van der Waals surface area contributed by atoms with Gasteiger partial charge in [0.15, 0.2) is 0 Å². The molecule has 0 saturated heterocycles. The van der Waals surface area contributed by atoms with E-state index in [0.29, 0.717) is 13.2 Å². The first-order valence-corrected chi connectivity index (χ1v) is 7.06. The number of para-hydroxylation sites is 1. The molecule has 20 heavy (non-hydrogen) atoms. The maximum atomic E-state index is 13.6. The van der Waals surface area contributed by atoms with Gasteiger partial charge in [-0.1, -0.05) is 22.0 Å². The van der Waals surface area contributed by atoms with Crippen molar-refractivity contribution < 1.29 is 13.5 Å². The van der Waals surface area contributed by atoms with Crippen LogP contribution in [-0.2, 0) is 13.0 Å². The van der Waals surface area contributed by atoms with Gasteiger partial charge in [0.05, 0.1) is 6.61 Å². The van der Waals surface area contributed by atoms with Gasteiger partial charge in [-0.2, -0.15) is 0 Å². The molecule has 0 atom stereocenters. The summed E-state index contributed by atoms with van der Waals surface area (Å²) in [6, 6.07) is 7.71. The minimum absolute atomic E-state index is 0.112. The van der Waals surface area contributed by atoms with E-state index in [4.69, 9.17) is 4.74 Å². The van der Waals surface area contributed by atoms with Crippen LogP contribution in [0.4, 0.5) is 14.5 Å². The number of halogens is 3. The van der Waals surface area contributed by atoms with E-state index in [2.05, 4.69) is 21.2 Å². The Kier molecular flexibility index (Phi) is 3.61. The van der Waals surface area contributed by atoms with Gasteiger partial charge in [0, 0.05) is 23.0 Å². The van der Waals surface area contributed by atoms with Crippen LogP contribution in [0.3, 0.4) is 0 Å². The van der Waals surface area contributed by atoms with E-state index in [1.54, 1.807) is 0 Å². The van der Waals surface area contributed by atoms with Crippen molar-refractivity contribution in [1.82, 2.24) is 0 Å². The molecule has 0 spiro atoms. The summed E-state index contributed by atoms with van der Waals surface area (Å²) in [7, 11) is 0. The normalized spacial score (nSPS) is 12.9. The Morgan fingerprint density at radius 2 is 1.95 bits per heavy atom. The van der Waals surface area contributed by atoms with Crippen LogP contribution in [0.5, 0.6) is 5.75 Å². The van der Waals surface area contributed by atoms with Crippen molar-refractivity contribution in [2.24, 2.45) is 0 Å². The molecule has 3 rings (SSSR count). The molecule has 0 aromatic heterocycles. The summed E-state index contributed by atoms with van der Waals surface area (Å²) in [6.45, 7) is 0.951. The third kappa shape index (κ3) is 2.50. The third-order valence-electron chi connectivity index (χ3n) is 3.24. The smallest absolute Gasteiger partial charge is 0.149 e. The predicted molar refractivity (Wildman–Crippen MR) is 77.0 cm³/mol. The van der Waals surface area contributed by atoms with Gasteiger partial charge in [0.2, 0.25) is 0 Å². The van der Waals surface area contributed by atoms with Gasteiger partial charge in [-0.15, -0.1) is 0 Å². The van der Waals surface area contributed by atoms with Gasteiger partial charge in [-0.05, 0) is 29.8 Å². The molecule has 0 unspecified atom stereocenters. The number of fused-ring (bicyclic) bond motifs is 1. The molecule has 2 nitrogen and oxygen atoms in total. The number of rotatable bonds is 3. The molecular weight excluding hydrogens is 328 g/mol. The number of hydrogen-bond acceptors (Lipinski definition) is 2. The summed E-state index contributed by atoms with van der Waals surface area (Å²) in [6.07, 6.45) is 0.857.